The largest absolute Gasteiger partial charge is 0.484 e. The van der Waals surface area contributed by atoms with E-state index in [1.54, 1.807) is 0 Å². The molecule has 3 nitrogen and oxygen atoms in total. The van der Waals surface area contributed by atoms with Gasteiger partial charge in [-0.05, 0) is 12.1 Å². The molecule has 0 saturated carbocycles. The van der Waals surface area contributed by atoms with Crippen LogP contribution in [0.25, 0.3) is 0 Å². The van der Waals surface area contributed by atoms with Crippen LogP contribution in [0.4, 0.5) is 5.69 Å². The second-order valence-electron chi connectivity index (χ2n) is 2.22. The molecule has 0 atom stereocenters. The standard InChI is InChI=1S/C9H11NO2/c1-10-8-4-2-3-5-9(8)12-7-6-11/h2-6,10H,7H2,1H3. The molecule has 0 saturated heterocycles. The third-order valence-corrected chi connectivity index (χ3v) is 1.46. The number of hydrogen-bond donors (Lipinski definition) is 1. The highest BCUT2D eigenvalue weighted by molar-refractivity contribution is 5.58. The number of carbonyl (C=O) groups excluding carboxylic acids is 1. The van der Waals surface area contributed by atoms with Crippen molar-refractivity contribution < 1.29 is 9.53 Å². The molecule has 0 aliphatic rings. The second-order valence-corrected chi connectivity index (χ2v) is 2.22. The van der Waals surface area contributed by atoms with Crippen molar-refractivity contribution in [1.29, 1.82) is 0 Å². The van der Waals surface area contributed by atoms with Crippen LogP contribution in [0.5, 0.6) is 5.75 Å². The molecule has 0 aliphatic carbocycles. The summed E-state index contributed by atoms with van der Waals surface area (Å²) in [4.78, 5) is 10.0. The summed E-state index contributed by atoms with van der Waals surface area (Å²) in [6.45, 7) is 0.0959. The molecule has 0 fully saturated rings. The van der Waals surface area contributed by atoms with Gasteiger partial charge in [0.15, 0.2) is 6.29 Å². The maximum atomic E-state index is 10.0. The van der Waals surface area contributed by atoms with Crippen molar-refractivity contribution in [2.45, 2.75) is 0 Å². The molecule has 0 spiro atoms. The fourth-order valence-corrected chi connectivity index (χ4v) is 0.923. The quantitative estimate of drug-likeness (QED) is 0.683. The Balaban J connectivity index is 2.74. The van der Waals surface area contributed by atoms with Gasteiger partial charge in [0.25, 0.3) is 0 Å². The first kappa shape index (κ1) is 8.59. The third-order valence-electron chi connectivity index (χ3n) is 1.46. The van der Waals surface area contributed by atoms with Crippen LogP contribution in [0.3, 0.4) is 0 Å². The van der Waals surface area contributed by atoms with Crippen molar-refractivity contribution in [3.05, 3.63) is 24.3 Å². The van der Waals surface area contributed by atoms with Crippen molar-refractivity contribution in [3.63, 3.8) is 0 Å². The van der Waals surface area contributed by atoms with Gasteiger partial charge in [0.05, 0.1) is 5.69 Å². The average Bonchev–Trinajstić information content (AvgIpc) is 2.15. The fourth-order valence-electron chi connectivity index (χ4n) is 0.923. The predicted octanol–water partition coefficient (Wildman–Crippen LogP) is 1.31. The van der Waals surface area contributed by atoms with Crippen LogP contribution in [-0.2, 0) is 4.79 Å². The van der Waals surface area contributed by atoms with Gasteiger partial charge in [-0.15, -0.1) is 0 Å². The van der Waals surface area contributed by atoms with Crippen molar-refractivity contribution >= 4 is 12.0 Å². The minimum absolute atomic E-state index is 0.0959. The van der Waals surface area contributed by atoms with Crippen LogP contribution in [-0.4, -0.2) is 19.9 Å². The molecule has 12 heavy (non-hydrogen) atoms. The Hall–Kier alpha value is -1.51. The molecule has 0 heterocycles. The van der Waals surface area contributed by atoms with Gasteiger partial charge in [-0.2, -0.15) is 0 Å². The minimum Gasteiger partial charge on any atom is -0.484 e. The summed E-state index contributed by atoms with van der Waals surface area (Å²) in [5, 5.41) is 2.96. The lowest BCUT2D eigenvalue weighted by molar-refractivity contribution is -0.109. The highest BCUT2D eigenvalue weighted by atomic mass is 16.5. The molecule has 0 radical (unpaired) electrons. The first-order valence-electron chi connectivity index (χ1n) is 3.71. The van der Waals surface area contributed by atoms with Gasteiger partial charge in [-0.1, -0.05) is 12.1 Å². The summed E-state index contributed by atoms with van der Waals surface area (Å²) in [5.41, 5.74) is 0.888. The number of aldehydes is 1. The molecular weight excluding hydrogens is 154 g/mol. The van der Waals surface area contributed by atoms with Gasteiger partial charge in [0, 0.05) is 7.05 Å². The van der Waals surface area contributed by atoms with Crippen LogP contribution >= 0.6 is 0 Å². The lowest BCUT2D eigenvalue weighted by atomic mass is 10.3. The maximum absolute atomic E-state index is 10.0. The van der Waals surface area contributed by atoms with Crippen LogP contribution in [0.15, 0.2) is 24.3 Å². The van der Waals surface area contributed by atoms with Crippen LogP contribution in [0.2, 0.25) is 0 Å². The maximum Gasteiger partial charge on any atom is 0.157 e. The summed E-state index contributed by atoms with van der Waals surface area (Å²) in [6.07, 6.45) is 0.729. The lowest BCUT2D eigenvalue weighted by Crippen LogP contribution is -2.00. The van der Waals surface area contributed by atoms with Crippen LogP contribution in [0.1, 0.15) is 0 Å². The van der Waals surface area contributed by atoms with Crippen molar-refractivity contribution in [2.24, 2.45) is 0 Å². The van der Waals surface area contributed by atoms with Gasteiger partial charge < -0.3 is 10.1 Å². The fraction of sp³-hybridized carbons (Fsp3) is 0.222. The third kappa shape index (κ3) is 1.99. The Morgan fingerprint density at radius 3 is 2.92 bits per heavy atom. The summed E-state index contributed by atoms with van der Waals surface area (Å²) in [5.74, 6) is 0.701. The molecule has 1 aromatic carbocycles. The van der Waals surface area contributed by atoms with E-state index in [2.05, 4.69) is 5.32 Å². The number of anilines is 1. The zero-order chi connectivity index (χ0) is 8.81. The summed E-state index contributed by atoms with van der Waals surface area (Å²) in [7, 11) is 1.81. The van der Waals surface area contributed by atoms with Crippen molar-refractivity contribution in [2.75, 3.05) is 19.0 Å². The molecule has 0 amide bonds. The molecule has 0 bridgehead atoms. The van der Waals surface area contributed by atoms with E-state index in [0.29, 0.717) is 5.75 Å². The number of ether oxygens (including phenoxy) is 1. The zero-order valence-corrected chi connectivity index (χ0v) is 6.91. The normalized spacial score (nSPS) is 9.08. The van der Waals surface area contributed by atoms with Crippen LogP contribution < -0.4 is 10.1 Å². The molecule has 0 unspecified atom stereocenters. The number of para-hydroxylation sites is 2. The second kappa shape index (κ2) is 4.38. The summed E-state index contributed by atoms with van der Waals surface area (Å²) >= 11 is 0. The SMILES string of the molecule is CNc1ccccc1OCC=O. The highest BCUT2D eigenvalue weighted by Crippen LogP contribution is 2.22. The van der Waals surface area contributed by atoms with Gasteiger partial charge in [-0.25, -0.2) is 0 Å². The average molecular weight is 165 g/mol. The summed E-state index contributed by atoms with van der Waals surface area (Å²) in [6, 6.07) is 7.47. The van der Waals surface area contributed by atoms with Crippen LogP contribution in [0, 0.1) is 0 Å². The Morgan fingerprint density at radius 2 is 2.25 bits per heavy atom. The zero-order valence-electron chi connectivity index (χ0n) is 6.91. The summed E-state index contributed by atoms with van der Waals surface area (Å²) < 4.78 is 5.15. The van der Waals surface area contributed by atoms with Crippen molar-refractivity contribution in [1.82, 2.24) is 0 Å². The molecule has 3 heteroatoms. The van der Waals surface area contributed by atoms with Gasteiger partial charge in [0.1, 0.15) is 12.4 Å². The molecule has 0 aliphatic heterocycles. The van der Waals surface area contributed by atoms with E-state index in [-0.39, 0.29) is 6.61 Å². The minimum atomic E-state index is 0.0959. The Morgan fingerprint density at radius 1 is 1.50 bits per heavy atom. The topological polar surface area (TPSA) is 38.3 Å². The Bertz CT molecular complexity index is 260. The van der Waals surface area contributed by atoms with Gasteiger partial charge >= 0.3 is 0 Å². The Kier molecular flexibility index (Phi) is 3.14. The molecule has 0 aromatic heterocycles. The van der Waals surface area contributed by atoms with Crippen molar-refractivity contribution in [3.8, 4) is 5.75 Å². The first-order chi connectivity index (χ1) is 5.88. The van der Waals surface area contributed by atoms with E-state index >= 15 is 0 Å². The predicted molar refractivity (Wildman–Crippen MR) is 47.5 cm³/mol. The van der Waals surface area contributed by atoms with E-state index in [9.17, 15) is 4.79 Å². The monoisotopic (exact) mass is 165 g/mol. The lowest BCUT2D eigenvalue weighted by Gasteiger charge is -2.07. The molecule has 1 rings (SSSR count). The van der Waals surface area contributed by atoms with E-state index in [1.165, 1.54) is 0 Å². The Labute approximate surface area is 71.4 Å². The van der Waals surface area contributed by atoms with Gasteiger partial charge in [-0.3, -0.25) is 4.79 Å². The van der Waals surface area contributed by atoms with E-state index in [1.807, 2.05) is 31.3 Å². The smallest absolute Gasteiger partial charge is 0.157 e. The number of nitrogens with one attached hydrogen (secondary N) is 1. The number of carbonyl (C=O) groups is 1. The van der Waals surface area contributed by atoms with E-state index in [4.69, 9.17) is 4.74 Å². The molecule has 1 aromatic rings. The van der Waals surface area contributed by atoms with E-state index in [0.717, 1.165) is 12.0 Å². The first-order valence-corrected chi connectivity index (χ1v) is 3.71. The van der Waals surface area contributed by atoms with E-state index < -0.39 is 0 Å². The van der Waals surface area contributed by atoms with Gasteiger partial charge in [0.2, 0.25) is 0 Å². The molecule has 64 valence electrons. The highest BCUT2D eigenvalue weighted by Gasteiger charge is 1.98. The number of rotatable bonds is 4. The molecular formula is C9H11NO2. The number of benzene rings is 1. The number of hydrogen-bond acceptors (Lipinski definition) is 3. The molecule has 1 N–H and O–H groups in total.